The summed E-state index contributed by atoms with van der Waals surface area (Å²) < 4.78 is 6.69. The van der Waals surface area contributed by atoms with Crippen LogP contribution in [-0.4, -0.2) is 36.6 Å². The fourth-order valence-corrected chi connectivity index (χ4v) is 3.87. The number of piperidine rings is 1. The average molecular weight is 319 g/mol. The van der Waals surface area contributed by atoms with Crippen molar-refractivity contribution in [2.24, 2.45) is 0 Å². The van der Waals surface area contributed by atoms with Crippen molar-refractivity contribution < 1.29 is 9.53 Å². The Balaban J connectivity index is 1.78. The van der Waals surface area contributed by atoms with Crippen molar-refractivity contribution in [1.29, 1.82) is 0 Å². The highest BCUT2D eigenvalue weighted by Gasteiger charge is 2.22. The molecule has 1 N–H and O–H groups in total. The molecule has 1 amide bonds. The molecule has 1 aromatic heterocycles. The van der Waals surface area contributed by atoms with E-state index in [0.717, 1.165) is 47.0 Å². The van der Waals surface area contributed by atoms with Crippen molar-refractivity contribution in [2.45, 2.75) is 32.7 Å². The molecule has 3 rings (SSSR count). The van der Waals surface area contributed by atoms with E-state index >= 15 is 0 Å². The Hall–Kier alpha value is -1.82. The lowest BCUT2D eigenvalue weighted by Crippen LogP contribution is -2.47. The normalized spacial score (nSPS) is 18.5. The number of amides is 1. The van der Waals surface area contributed by atoms with Crippen LogP contribution in [0.4, 0.5) is 5.13 Å². The summed E-state index contributed by atoms with van der Waals surface area (Å²) in [5, 5.41) is 4.04. The fourth-order valence-electron chi connectivity index (χ4n) is 2.84. The van der Waals surface area contributed by atoms with Gasteiger partial charge in [-0.15, -0.1) is 0 Å². The minimum atomic E-state index is 0.0394. The van der Waals surface area contributed by atoms with Crippen molar-refractivity contribution in [3.63, 3.8) is 0 Å². The lowest BCUT2D eigenvalue weighted by molar-refractivity contribution is -0.119. The second-order valence-electron chi connectivity index (χ2n) is 5.54. The van der Waals surface area contributed by atoms with E-state index in [4.69, 9.17) is 9.72 Å². The van der Waals surface area contributed by atoms with Gasteiger partial charge in [0, 0.05) is 26.1 Å². The van der Waals surface area contributed by atoms with Crippen LogP contribution in [0.1, 0.15) is 26.7 Å². The lowest BCUT2D eigenvalue weighted by atomic mass is 10.1. The molecule has 5 nitrogen and oxygen atoms in total. The third-order valence-corrected chi connectivity index (χ3v) is 4.84. The summed E-state index contributed by atoms with van der Waals surface area (Å²) in [5.74, 6) is 0.928. The maximum atomic E-state index is 11.2. The van der Waals surface area contributed by atoms with E-state index in [9.17, 15) is 4.79 Å². The Kier molecular flexibility index (Phi) is 4.47. The van der Waals surface area contributed by atoms with Crippen LogP contribution in [0.3, 0.4) is 0 Å². The highest BCUT2D eigenvalue weighted by molar-refractivity contribution is 7.22. The van der Waals surface area contributed by atoms with Crippen molar-refractivity contribution in [2.75, 3.05) is 24.6 Å². The summed E-state index contributed by atoms with van der Waals surface area (Å²) in [6.07, 6.45) is 2.11. The monoisotopic (exact) mass is 319 g/mol. The van der Waals surface area contributed by atoms with E-state index in [1.54, 1.807) is 18.3 Å². The van der Waals surface area contributed by atoms with E-state index in [2.05, 4.69) is 16.3 Å². The topological polar surface area (TPSA) is 54.5 Å². The van der Waals surface area contributed by atoms with Gasteiger partial charge in [0.05, 0.1) is 16.8 Å². The number of nitrogens with zero attached hydrogens (tertiary/aromatic N) is 2. The van der Waals surface area contributed by atoms with Crippen LogP contribution >= 0.6 is 11.3 Å². The number of anilines is 1. The molecule has 0 aliphatic carbocycles. The highest BCUT2D eigenvalue weighted by Crippen LogP contribution is 2.32. The Morgan fingerprint density at radius 3 is 3.18 bits per heavy atom. The maximum Gasteiger partial charge on any atom is 0.217 e. The van der Waals surface area contributed by atoms with Gasteiger partial charge in [-0.3, -0.25) is 4.79 Å². The largest absolute Gasteiger partial charge is 0.494 e. The number of benzene rings is 1. The summed E-state index contributed by atoms with van der Waals surface area (Å²) in [7, 11) is 0. The van der Waals surface area contributed by atoms with Gasteiger partial charge in [0.25, 0.3) is 0 Å². The van der Waals surface area contributed by atoms with E-state index < -0.39 is 0 Å². The Labute approximate surface area is 134 Å². The number of nitrogens with one attached hydrogen (secondary N) is 1. The van der Waals surface area contributed by atoms with Gasteiger partial charge in [-0.2, -0.15) is 0 Å². The first kappa shape index (κ1) is 15.1. The molecule has 2 aromatic rings. The second-order valence-corrected chi connectivity index (χ2v) is 6.55. The predicted molar refractivity (Wildman–Crippen MR) is 89.8 cm³/mol. The van der Waals surface area contributed by atoms with E-state index in [-0.39, 0.29) is 11.9 Å². The zero-order valence-corrected chi connectivity index (χ0v) is 13.8. The summed E-state index contributed by atoms with van der Waals surface area (Å²) in [6.45, 7) is 6.05. The first-order valence-electron chi connectivity index (χ1n) is 7.71. The molecule has 1 atom stereocenters. The van der Waals surface area contributed by atoms with Gasteiger partial charge in [-0.1, -0.05) is 11.3 Å². The molecule has 1 fully saturated rings. The number of aromatic nitrogens is 1. The minimum absolute atomic E-state index is 0.0394. The molecule has 1 unspecified atom stereocenters. The van der Waals surface area contributed by atoms with Gasteiger partial charge >= 0.3 is 0 Å². The van der Waals surface area contributed by atoms with Gasteiger partial charge in [-0.05, 0) is 38.0 Å². The molecule has 1 saturated heterocycles. The summed E-state index contributed by atoms with van der Waals surface area (Å²) in [4.78, 5) is 18.2. The molecule has 1 aliphatic heterocycles. The average Bonchev–Trinajstić information content (AvgIpc) is 2.90. The molecule has 0 spiro atoms. The summed E-state index contributed by atoms with van der Waals surface area (Å²) in [5.41, 5.74) is 1.00. The molecule has 6 heteroatoms. The molecular formula is C16H21N3O2S. The quantitative estimate of drug-likeness (QED) is 0.941. The molecule has 22 heavy (non-hydrogen) atoms. The minimum Gasteiger partial charge on any atom is -0.494 e. The van der Waals surface area contributed by atoms with E-state index in [0.29, 0.717) is 6.61 Å². The number of ether oxygens (including phenoxy) is 1. The number of carbonyl (C=O) groups excluding carboxylic acids is 1. The van der Waals surface area contributed by atoms with Gasteiger partial charge in [0.2, 0.25) is 5.91 Å². The molecule has 1 aromatic carbocycles. The van der Waals surface area contributed by atoms with Crippen LogP contribution < -0.4 is 15.0 Å². The zero-order chi connectivity index (χ0) is 15.5. The first-order valence-corrected chi connectivity index (χ1v) is 8.53. The Bertz CT molecular complexity index is 670. The standard InChI is InChI=1S/C16H21N3O2S/c1-3-21-13-6-7-14-15(9-13)22-16(18-14)19-8-4-5-12(10-19)17-11(2)20/h6-7,9,12H,3-5,8,10H2,1-2H3,(H,17,20). The summed E-state index contributed by atoms with van der Waals surface area (Å²) in [6, 6.07) is 6.24. The maximum absolute atomic E-state index is 11.2. The van der Waals surface area contributed by atoms with Crippen LogP contribution in [0.25, 0.3) is 10.2 Å². The Morgan fingerprint density at radius 2 is 2.41 bits per heavy atom. The van der Waals surface area contributed by atoms with Gasteiger partial charge in [-0.25, -0.2) is 4.98 Å². The van der Waals surface area contributed by atoms with Crippen molar-refractivity contribution in [3.8, 4) is 5.75 Å². The number of fused-ring (bicyclic) bond motifs is 1. The zero-order valence-electron chi connectivity index (χ0n) is 13.0. The third kappa shape index (κ3) is 3.32. The molecule has 0 saturated carbocycles. The Morgan fingerprint density at radius 1 is 1.55 bits per heavy atom. The van der Waals surface area contributed by atoms with Gasteiger partial charge in [0.1, 0.15) is 5.75 Å². The predicted octanol–water partition coefficient (Wildman–Crippen LogP) is 2.80. The number of rotatable bonds is 4. The smallest absolute Gasteiger partial charge is 0.217 e. The molecule has 1 aliphatic rings. The van der Waals surface area contributed by atoms with Crippen LogP contribution in [0, 0.1) is 0 Å². The van der Waals surface area contributed by atoms with Crippen LogP contribution in [-0.2, 0) is 4.79 Å². The van der Waals surface area contributed by atoms with Crippen LogP contribution in [0.15, 0.2) is 18.2 Å². The van der Waals surface area contributed by atoms with Crippen molar-refractivity contribution in [3.05, 3.63) is 18.2 Å². The van der Waals surface area contributed by atoms with Gasteiger partial charge in [0.15, 0.2) is 5.13 Å². The van der Waals surface area contributed by atoms with E-state index in [1.165, 1.54) is 0 Å². The first-order chi connectivity index (χ1) is 10.7. The molecule has 2 heterocycles. The van der Waals surface area contributed by atoms with Crippen molar-refractivity contribution in [1.82, 2.24) is 10.3 Å². The van der Waals surface area contributed by atoms with Crippen LogP contribution in [0.5, 0.6) is 5.75 Å². The van der Waals surface area contributed by atoms with Crippen LogP contribution in [0.2, 0.25) is 0 Å². The van der Waals surface area contributed by atoms with E-state index in [1.807, 2.05) is 19.1 Å². The molecular weight excluding hydrogens is 298 g/mol. The second kappa shape index (κ2) is 6.52. The van der Waals surface area contributed by atoms with Gasteiger partial charge < -0.3 is 15.0 Å². The number of carbonyl (C=O) groups is 1. The SMILES string of the molecule is CCOc1ccc2nc(N3CCCC(NC(C)=O)C3)sc2c1. The number of hydrogen-bond donors (Lipinski definition) is 1. The number of thiazole rings is 1. The molecule has 0 radical (unpaired) electrons. The molecule has 118 valence electrons. The fraction of sp³-hybridized carbons (Fsp3) is 0.500. The lowest BCUT2D eigenvalue weighted by Gasteiger charge is -2.32. The van der Waals surface area contributed by atoms with Crippen molar-refractivity contribution >= 4 is 32.6 Å². The summed E-state index contributed by atoms with van der Waals surface area (Å²) >= 11 is 1.69. The highest BCUT2D eigenvalue weighted by atomic mass is 32.1. The number of hydrogen-bond acceptors (Lipinski definition) is 5. The third-order valence-electron chi connectivity index (χ3n) is 3.76. The molecule has 0 bridgehead atoms.